The van der Waals surface area contributed by atoms with Crippen molar-refractivity contribution in [2.45, 2.75) is 32.9 Å². The molecule has 7 nitrogen and oxygen atoms in total. The summed E-state index contributed by atoms with van der Waals surface area (Å²) in [4.78, 5) is 26.9. The lowest BCUT2D eigenvalue weighted by molar-refractivity contribution is 0.195. The van der Waals surface area contributed by atoms with Crippen molar-refractivity contribution in [3.8, 4) is 22.3 Å². The molecule has 1 saturated heterocycles. The van der Waals surface area contributed by atoms with Crippen LogP contribution in [-0.4, -0.2) is 38.8 Å². The van der Waals surface area contributed by atoms with E-state index in [-0.39, 0.29) is 11.6 Å². The average molecular weight is 462 g/mol. The lowest BCUT2D eigenvalue weighted by atomic mass is 10.0. The van der Waals surface area contributed by atoms with E-state index in [0.29, 0.717) is 40.9 Å². The van der Waals surface area contributed by atoms with Crippen molar-refractivity contribution in [1.82, 2.24) is 19.5 Å². The number of halogens is 1. The Labute approximate surface area is 196 Å². The molecule has 1 aromatic carbocycles. The highest BCUT2D eigenvalue weighted by atomic mass is 35.5. The summed E-state index contributed by atoms with van der Waals surface area (Å²) in [7, 11) is 0. The van der Waals surface area contributed by atoms with E-state index in [0.717, 1.165) is 35.2 Å². The van der Waals surface area contributed by atoms with E-state index in [1.807, 2.05) is 56.4 Å². The number of anilines is 1. The van der Waals surface area contributed by atoms with Crippen molar-refractivity contribution in [3.05, 3.63) is 69.9 Å². The first-order valence-corrected chi connectivity index (χ1v) is 11.4. The minimum absolute atomic E-state index is 0.134. The van der Waals surface area contributed by atoms with Gasteiger partial charge in [0.25, 0.3) is 5.56 Å². The van der Waals surface area contributed by atoms with Crippen LogP contribution in [0.15, 0.2) is 53.6 Å². The fourth-order valence-electron chi connectivity index (χ4n) is 4.10. The Bertz CT molecular complexity index is 1380. The Morgan fingerprint density at radius 2 is 1.97 bits per heavy atom. The van der Waals surface area contributed by atoms with Crippen LogP contribution in [0, 0.1) is 6.92 Å². The van der Waals surface area contributed by atoms with Crippen LogP contribution in [0.2, 0.25) is 5.02 Å². The highest BCUT2D eigenvalue weighted by Gasteiger charge is 2.18. The summed E-state index contributed by atoms with van der Waals surface area (Å²) >= 11 is 6.66. The Morgan fingerprint density at radius 3 is 2.67 bits per heavy atom. The number of rotatable bonds is 5. The van der Waals surface area contributed by atoms with Crippen LogP contribution in [0.5, 0.6) is 0 Å². The van der Waals surface area contributed by atoms with Crippen LogP contribution in [-0.2, 0) is 11.3 Å². The van der Waals surface area contributed by atoms with Gasteiger partial charge in [-0.3, -0.25) is 14.3 Å². The first-order valence-electron chi connectivity index (χ1n) is 11.0. The van der Waals surface area contributed by atoms with Crippen molar-refractivity contribution in [3.63, 3.8) is 0 Å². The molecule has 1 aliphatic rings. The third-order valence-corrected chi connectivity index (χ3v) is 6.22. The number of hydrogen-bond acceptors (Lipinski definition) is 6. The summed E-state index contributed by atoms with van der Waals surface area (Å²) in [5, 5.41) is 4.58. The van der Waals surface area contributed by atoms with Crippen molar-refractivity contribution in [1.29, 1.82) is 0 Å². The molecule has 4 aromatic rings. The first-order chi connectivity index (χ1) is 16.0. The Kier molecular flexibility index (Phi) is 5.83. The number of nitrogens with zero attached hydrogens (tertiary/aromatic N) is 4. The number of aromatic nitrogens is 4. The smallest absolute Gasteiger partial charge is 0.260 e. The fourth-order valence-corrected chi connectivity index (χ4v) is 4.38. The maximum absolute atomic E-state index is 13.4. The maximum atomic E-state index is 13.4. The van der Waals surface area contributed by atoms with Gasteiger partial charge < -0.3 is 10.1 Å². The Hall–Kier alpha value is -3.29. The van der Waals surface area contributed by atoms with Gasteiger partial charge in [0.15, 0.2) is 0 Å². The third kappa shape index (κ3) is 4.21. The van der Waals surface area contributed by atoms with Crippen molar-refractivity contribution >= 4 is 28.6 Å². The number of pyridine rings is 2. The van der Waals surface area contributed by atoms with Crippen LogP contribution in [0.1, 0.15) is 19.0 Å². The number of nitrogens with one attached hydrogen (secondary N) is 1. The molecule has 8 heteroatoms. The highest BCUT2D eigenvalue weighted by Crippen LogP contribution is 2.32. The van der Waals surface area contributed by atoms with Gasteiger partial charge in [-0.05, 0) is 44.0 Å². The normalized spacial score (nSPS) is 15.8. The minimum atomic E-state index is -0.134. The van der Waals surface area contributed by atoms with Crippen LogP contribution in [0.25, 0.3) is 33.3 Å². The van der Waals surface area contributed by atoms with Gasteiger partial charge >= 0.3 is 0 Å². The van der Waals surface area contributed by atoms with E-state index in [1.54, 1.807) is 10.8 Å². The average Bonchev–Trinajstić information content (AvgIpc) is 3.32. The zero-order chi connectivity index (χ0) is 22.9. The quantitative estimate of drug-likeness (QED) is 0.463. The van der Waals surface area contributed by atoms with Crippen LogP contribution < -0.4 is 10.9 Å². The third-order valence-electron chi connectivity index (χ3n) is 5.91. The molecular weight excluding hydrogens is 438 g/mol. The molecule has 3 aromatic heterocycles. The van der Waals surface area contributed by atoms with E-state index in [2.05, 4.69) is 20.3 Å². The predicted octanol–water partition coefficient (Wildman–Crippen LogP) is 4.70. The molecule has 1 aliphatic heterocycles. The molecule has 0 radical (unpaired) electrons. The van der Waals surface area contributed by atoms with Gasteiger partial charge in [-0.2, -0.15) is 4.98 Å². The molecule has 1 atom stereocenters. The van der Waals surface area contributed by atoms with E-state index < -0.39 is 0 Å². The Balaban J connectivity index is 1.56. The van der Waals surface area contributed by atoms with Crippen molar-refractivity contribution < 1.29 is 4.74 Å². The molecule has 0 aliphatic carbocycles. The summed E-state index contributed by atoms with van der Waals surface area (Å²) in [6.07, 6.45) is 4.48. The van der Waals surface area contributed by atoms with Gasteiger partial charge in [-0.25, -0.2) is 4.98 Å². The molecule has 0 bridgehead atoms. The van der Waals surface area contributed by atoms with Gasteiger partial charge in [0, 0.05) is 58.3 Å². The highest BCUT2D eigenvalue weighted by molar-refractivity contribution is 6.33. The molecule has 0 spiro atoms. The fraction of sp³-hybridized carbons (Fsp3) is 0.280. The molecule has 0 amide bonds. The maximum Gasteiger partial charge on any atom is 0.260 e. The summed E-state index contributed by atoms with van der Waals surface area (Å²) in [5.74, 6) is 0.501. The van der Waals surface area contributed by atoms with E-state index in [1.165, 1.54) is 0 Å². The van der Waals surface area contributed by atoms with Crippen LogP contribution in [0.4, 0.5) is 5.95 Å². The van der Waals surface area contributed by atoms with Gasteiger partial charge in [0.2, 0.25) is 5.95 Å². The first kappa shape index (κ1) is 21.6. The lowest BCUT2D eigenvalue weighted by Crippen LogP contribution is -2.24. The van der Waals surface area contributed by atoms with Crippen LogP contribution in [0.3, 0.4) is 0 Å². The van der Waals surface area contributed by atoms with E-state index >= 15 is 0 Å². The van der Waals surface area contributed by atoms with Gasteiger partial charge in [0.05, 0.1) is 12.6 Å². The number of aryl methyl sites for hydroxylation is 2. The van der Waals surface area contributed by atoms with Gasteiger partial charge in [-0.1, -0.05) is 29.8 Å². The zero-order valence-corrected chi connectivity index (χ0v) is 19.3. The SMILES string of the molecule is CCn1c(=O)c(-c2ccc(-c3ccc(C)nc3)cc2Cl)cc2cnc(NC3CCOC3)nc21. The minimum Gasteiger partial charge on any atom is -0.379 e. The number of benzene rings is 1. The number of fused-ring (bicyclic) bond motifs is 1. The van der Waals surface area contributed by atoms with E-state index in [4.69, 9.17) is 16.3 Å². The number of hydrogen-bond donors (Lipinski definition) is 1. The molecular formula is C25H24ClN5O2. The molecule has 168 valence electrons. The van der Waals surface area contributed by atoms with Gasteiger partial charge in [-0.15, -0.1) is 0 Å². The van der Waals surface area contributed by atoms with Gasteiger partial charge in [0.1, 0.15) is 5.65 Å². The Morgan fingerprint density at radius 1 is 1.12 bits per heavy atom. The zero-order valence-electron chi connectivity index (χ0n) is 18.5. The second kappa shape index (κ2) is 8.92. The van der Waals surface area contributed by atoms with Crippen molar-refractivity contribution in [2.24, 2.45) is 0 Å². The standard InChI is InChI=1S/C25H24ClN5O2/c1-3-31-23-18(13-28-25(30-23)29-19-8-9-33-14-19)10-21(24(31)32)20-7-6-16(11-22(20)26)17-5-4-15(2)27-12-17/h4-7,10-13,19H,3,8-9,14H2,1-2H3,(H,28,29,30). The topological polar surface area (TPSA) is 81.9 Å². The molecule has 33 heavy (non-hydrogen) atoms. The van der Waals surface area contributed by atoms with Crippen LogP contribution >= 0.6 is 11.6 Å². The molecule has 1 unspecified atom stereocenters. The largest absolute Gasteiger partial charge is 0.379 e. The molecule has 1 fully saturated rings. The van der Waals surface area contributed by atoms with E-state index in [9.17, 15) is 4.79 Å². The monoisotopic (exact) mass is 461 g/mol. The molecule has 0 saturated carbocycles. The van der Waals surface area contributed by atoms with Crippen molar-refractivity contribution in [2.75, 3.05) is 18.5 Å². The summed E-state index contributed by atoms with van der Waals surface area (Å²) in [5.41, 5.74) is 4.54. The predicted molar refractivity (Wildman–Crippen MR) is 131 cm³/mol. The summed E-state index contributed by atoms with van der Waals surface area (Å²) < 4.78 is 7.07. The second-order valence-corrected chi connectivity index (χ2v) is 8.57. The number of ether oxygens (including phenoxy) is 1. The molecule has 4 heterocycles. The summed E-state index contributed by atoms with van der Waals surface area (Å²) in [6.45, 7) is 5.73. The molecule has 5 rings (SSSR count). The second-order valence-electron chi connectivity index (χ2n) is 8.17. The lowest BCUT2D eigenvalue weighted by Gasteiger charge is -2.14. The molecule has 1 N–H and O–H groups in total. The summed E-state index contributed by atoms with van der Waals surface area (Å²) in [6, 6.07) is 11.7.